The van der Waals surface area contributed by atoms with Gasteiger partial charge in [-0.05, 0) is 5.92 Å². The van der Waals surface area contributed by atoms with Gasteiger partial charge in [-0.3, -0.25) is 9.36 Å². The molecule has 3 rings (SSSR count). The molecule has 8 heteroatoms. The standard InChI is InChI=1S/C18H20N4O3S/c1-22-15(7-11-5-3-4-6-11)21-16(12(8-19)17(22)23)20-14-10-26-9-13(14)18(24)25-2/h9-11,20H,3-7H2,1-2H3. The van der Waals surface area contributed by atoms with Crippen LogP contribution in [0.5, 0.6) is 0 Å². The van der Waals surface area contributed by atoms with Crippen molar-refractivity contribution >= 4 is 28.8 Å². The Balaban J connectivity index is 1.99. The van der Waals surface area contributed by atoms with E-state index in [2.05, 4.69) is 10.3 Å². The summed E-state index contributed by atoms with van der Waals surface area (Å²) in [5.41, 5.74) is 0.379. The third-order valence-electron chi connectivity index (χ3n) is 4.76. The van der Waals surface area contributed by atoms with Gasteiger partial charge in [-0.2, -0.15) is 5.26 Å². The minimum Gasteiger partial charge on any atom is -0.465 e. The first kappa shape index (κ1) is 18.1. The minimum absolute atomic E-state index is 0.0651. The van der Waals surface area contributed by atoms with E-state index in [4.69, 9.17) is 4.74 Å². The highest BCUT2D eigenvalue weighted by molar-refractivity contribution is 7.08. The number of carbonyl (C=O) groups is 1. The number of rotatable bonds is 5. The smallest absolute Gasteiger partial charge is 0.340 e. The van der Waals surface area contributed by atoms with E-state index in [9.17, 15) is 14.9 Å². The van der Waals surface area contributed by atoms with Crippen molar-refractivity contribution in [3.05, 3.63) is 38.1 Å². The monoisotopic (exact) mass is 372 g/mol. The lowest BCUT2D eigenvalue weighted by molar-refractivity contribution is 0.0602. The van der Waals surface area contributed by atoms with Crippen LogP contribution in [0.15, 0.2) is 15.6 Å². The van der Waals surface area contributed by atoms with Crippen LogP contribution < -0.4 is 10.9 Å². The SMILES string of the molecule is COC(=O)c1cscc1Nc1nc(CC2CCCC2)n(C)c(=O)c1C#N. The van der Waals surface area contributed by atoms with Crippen molar-refractivity contribution in [3.63, 3.8) is 0 Å². The summed E-state index contributed by atoms with van der Waals surface area (Å²) in [5.74, 6) is 0.869. The van der Waals surface area contributed by atoms with Crippen LogP contribution in [-0.4, -0.2) is 22.6 Å². The van der Waals surface area contributed by atoms with Gasteiger partial charge >= 0.3 is 5.97 Å². The number of methoxy groups -OCH3 is 1. The number of hydrogen-bond donors (Lipinski definition) is 1. The third-order valence-corrected chi connectivity index (χ3v) is 5.51. The summed E-state index contributed by atoms with van der Waals surface area (Å²) < 4.78 is 6.22. The molecule has 0 aliphatic heterocycles. The molecule has 0 saturated heterocycles. The Morgan fingerprint density at radius 3 is 2.85 bits per heavy atom. The zero-order valence-electron chi connectivity index (χ0n) is 14.7. The summed E-state index contributed by atoms with van der Waals surface area (Å²) in [6.07, 6.45) is 5.39. The first-order valence-corrected chi connectivity index (χ1v) is 9.41. The van der Waals surface area contributed by atoms with Crippen molar-refractivity contribution < 1.29 is 9.53 Å². The van der Waals surface area contributed by atoms with Gasteiger partial charge in [0.2, 0.25) is 0 Å². The Morgan fingerprint density at radius 1 is 1.46 bits per heavy atom. The summed E-state index contributed by atoms with van der Waals surface area (Å²) >= 11 is 1.32. The first-order chi connectivity index (χ1) is 12.5. The summed E-state index contributed by atoms with van der Waals surface area (Å²) in [7, 11) is 2.95. The summed E-state index contributed by atoms with van der Waals surface area (Å²) in [6, 6.07) is 1.93. The molecule has 1 N–H and O–H groups in total. The predicted molar refractivity (Wildman–Crippen MR) is 98.8 cm³/mol. The molecule has 7 nitrogen and oxygen atoms in total. The lowest BCUT2D eigenvalue weighted by Crippen LogP contribution is -2.27. The molecule has 2 heterocycles. The second-order valence-corrected chi connectivity index (χ2v) is 7.14. The van der Waals surface area contributed by atoms with E-state index >= 15 is 0 Å². The van der Waals surface area contributed by atoms with Gasteiger partial charge in [-0.25, -0.2) is 9.78 Å². The van der Waals surface area contributed by atoms with Crippen LogP contribution in [0.25, 0.3) is 0 Å². The number of aromatic nitrogens is 2. The van der Waals surface area contributed by atoms with Crippen molar-refractivity contribution in [1.29, 1.82) is 5.26 Å². The second-order valence-electron chi connectivity index (χ2n) is 6.40. The van der Waals surface area contributed by atoms with Crippen molar-refractivity contribution in [2.75, 3.05) is 12.4 Å². The van der Waals surface area contributed by atoms with Crippen LogP contribution in [0.4, 0.5) is 11.5 Å². The zero-order valence-corrected chi connectivity index (χ0v) is 15.6. The Morgan fingerprint density at radius 2 is 2.19 bits per heavy atom. The molecule has 0 atom stereocenters. The van der Waals surface area contributed by atoms with Crippen molar-refractivity contribution in [2.45, 2.75) is 32.1 Å². The third kappa shape index (κ3) is 3.48. The molecule has 0 bridgehead atoms. The molecular formula is C18H20N4O3S. The van der Waals surface area contributed by atoms with Gasteiger partial charge in [0.25, 0.3) is 5.56 Å². The number of ether oxygens (including phenoxy) is 1. The predicted octanol–water partition coefficient (Wildman–Crippen LogP) is 2.98. The maximum atomic E-state index is 12.6. The number of nitrogens with zero attached hydrogens (tertiary/aromatic N) is 3. The van der Waals surface area contributed by atoms with Gasteiger partial charge in [0.15, 0.2) is 11.4 Å². The van der Waals surface area contributed by atoms with Crippen LogP contribution in [0.1, 0.15) is 47.4 Å². The Hall–Kier alpha value is -2.66. The number of nitrogens with one attached hydrogen (secondary N) is 1. The number of thiophene rings is 1. The zero-order chi connectivity index (χ0) is 18.7. The minimum atomic E-state index is -0.484. The average molecular weight is 372 g/mol. The van der Waals surface area contributed by atoms with E-state index in [-0.39, 0.29) is 16.9 Å². The first-order valence-electron chi connectivity index (χ1n) is 8.46. The Bertz CT molecular complexity index is 919. The highest BCUT2D eigenvalue weighted by Crippen LogP contribution is 2.29. The number of anilines is 2. The average Bonchev–Trinajstić information content (AvgIpc) is 3.31. The summed E-state index contributed by atoms with van der Waals surface area (Å²) in [4.78, 5) is 29.0. The van der Waals surface area contributed by atoms with Crippen molar-refractivity contribution in [3.8, 4) is 6.07 Å². The largest absolute Gasteiger partial charge is 0.465 e. The fraction of sp³-hybridized carbons (Fsp3) is 0.444. The molecule has 0 radical (unpaired) electrons. The maximum absolute atomic E-state index is 12.6. The molecular weight excluding hydrogens is 352 g/mol. The van der Waals surface area contributed by atoms with E-state index < -0.39 is 5.97 Å². The summed E-state index contributed by atoms with van der Waals surface area (Å²) in [5, 5.41) is 15.8. The lowest BCUT2D eigenvalue weighted by Gasteiger charge is -2.15. The van der Waals surface area contributed by atoms with Gasteiger partial charge < -0.3 is 10.1 Å². The molecule has 1 aliphatic rings. The van der Waals surface area contributed by atoms with Gasteiger partial charge in [0.1, 0.15) is 11.9 Å². The normalized spacial score (nSPS) is 14.2. The van der Waals surface area contributed by atoms with Gasteiger partial charge in [0.05, 0.1) is 18.4 Å². The molecule has 0 amide bonds. The Labute approximate surface area is 155 Å². The molecule has 1 saturated carbocycles. The van der Waals surface area contributed by atoms with Gasteiger partial charge in [0, 0.05) is 24.2 Å². The number of nitriles is 1. The van der Waals surface area contributed by atoms with E-state index in [1.807, 2.05) is 6.07 Å². The highest BCUT2D eigenvalue weighted by atomic mass is 32.1. The second kappa shape index (κ2) is 7.70. The fourth-order valence-electron chi connectivity index (χ4n) is 3.28. The van der Waals surface area contributed by atoms with Crippen molar-refractivity contribution in [2.24, 2.45) is 13.0 Å². The molecule has 2 aromatic rings. The molecule has 1 aliphatic carbocycles. The van der Waals surface area contributed by atoms with Gasteiger partial charge in [-0.1, -0.05) is 25.7 Å². The van der Waals surface area contributed by atoms with Crippen LogP contribution in [0.3, 0.4) is 0 Å². The van der Waals surface area contributed by atoms with E-state index in [1.54, 1.807) is 17.8 Å². The molecule has 26 heavy (non-hydrogen) atoms. The quantitative estimate of drug-likeness (QED) is 0.811. The van der Waals surface area contributed by atoms with Crippen LogP contribution in [-0.2, 0) is 18.2 Å². The highest BCUT2D eigenvalue weighted by Gasteiger charge is 2.22. The number of hydrogen-bond acceptors (Lipinski definition) is 7. The fourth-order valence-corrected chi connectivity index (χ4v) is 4.03. The molecule has 136 valence electrons. The lowest BCUT2D eigenvalue weighted by atomic mass is 10.0. The molecule has 0 spiro atoms. The summed E-state index contributed by atoms with van der Waals surface area (Å²) in [6.45, 7) is 0. The Kier molecular flexibility index (Phi) is 5.38. The molecule has 0 unspecified atom stereocenters. The van der Waals surface area contributed by atoms with E-state index in [0.29, 0.717) is 29.4 Å². The maximum Gasteiger partial charge on any atom is 0.340 e. The van der Waals surface area contributed by atoms with Crippen LogP contribution in [0, 0.1) is 17.2 Å². The number of esters is 1. The molecule has 1 fully saturated rings. The van der Waals surface area contributed by atoms with Crippen molar-refractivity contribution in [1.82, 2.24) is 9.55 Å². The van der Waals surface area contributed by atoms with Gasteiger partial charge in [-0.15, -0.1) is 11.3 Å². The van der Waals surface area contributed by atoms with E-state index in [1.165, 1.54) is 35.9 Å². The molecule has 0 aromatic carbocycles. The van der Waals surface area contributed by atoms with Crippen LogP contribution in [0.2, 0.25) is 0 Å². The van der Waals surface area contributed by atoms with Crippen LogP contribution >= 0.6 is 11.3 Å². The van der Waals surface area contributed by atoms with E-state index in [0.717, 1.165) is 12.8 Å². The topological polar surface area (TPSA) is 97.0 Å². The number of carbonyl (C=O) groups excluding carboxylic acids is 1. The molecule has 2 aromatic heterocycles.